The van der Waals surface area contributed by atoms with Crippen LogP contribution in [0.1, 0.15) is 29.7 Å². The smallest absolute Gasteiger partial charge is 0.0378 e. The summed E-state index contributed by atoms with van der Waals surface area (Å²) in [6.45, 7) is 2.10. The molecular formula is C14H18N4. The molecule has 0 saturated carbocycles. The van der Waals surface area contributed by atoms with E-state index in [9.17, 15) is 0 Å². The van der Waals surface area contributed by atoms with E-state index in [1.54, 1.807) is 24.7 Å². The zero-order valence-corrected chi connectivity index (χ0v) is 10.5. The summed E-state index contributed by atoms with van der Waals surface area (Å²) in [6, 6.07) is 3.71. The Kier molecular flexibility index (Phi) is 3.89. The quantitative estimate of drug-likeness (QED) is 0.858. The van der Waals surface area contributed by atoms with E-state index in [2.05, 4.69) is 16.9 Å². The number of nitrogens with zero attached hydrogens (tertiary/aromatic N) is 2. The third kappa shape index (κ3) is 2.65. The third-order valence-electron chi connectivity index (χ3n) is 3.10. The molecule has 0 aliphatic heterocycles. The van der Waals surface area contributed by atoms with E-state index in [1.165, 1.54) is 5.56 Å². The van der Waals surface area contributed by atoms with Gasteiger partial charge in [0.05, 0.1) is 0 Å². The van der Waals surface area contributed by atoms with Crippen molar-refractivity contribution < 1.29 is 0 Å². The third-order valence-corrected chi connectivity index (χ3v) is 3.10. The molecule has 4 N–H and O–H groups in total. The highest BCUT2D eigenvalue weighted by atomic mass is 14.7. The van der Waals surface area contributed by atoms with Crippen LogP contribution in [0.3, 0.4) is 0 Å². The van der Waals surface area contributed by atoms with Gasteiger partial charge < -0.3 is 11.5 Å². The molecule has 0 amide bonds. The van der Waals surface area contributed by atoms with Crippen molar-refractivity contribution in [3.63, 3.8) is 0 Å². The maximum atomic E-state index is 6.26. The highest BCUT2D eigenvalue weighted by Crippen LogP contribution is 2.21. The van der Waals surface area contributed by atoms with Crippen molar-refractivity contribution in [2.24, 2.45) is 5.73 Å². The van der Waals surface area contributed by atoms with Gasteiger partial charge in [-0.1, -0.05) is 6.92 Å². The number of aryl methyl sites for hydroxylation is 1. The van der Waals surface area contributed by atoms with E-state index in [1.807, 2.05) is 12.3 Å². The van der Waals surface area contributed by atoms with Crippen LogP contribution in [-0.4, -0.2) is 9.97 Å². The van der Waals surface area contributed by atoms with Crippen LogP contribution in [-0.2, 0) is 12.8 Å². The van der Waals surface area contributed by atoms with Crippen molar-refractivity contribution in [1.82, 2.24) is 9.97 Å². The van der Waals surface area contributed by atoms with Gasteiger partial charge in [0.25, 0.3) is 0 Å². The lowest BCUT2D eigenvalue weighted by atomic mass is 9.96. The van der Waals surface area contributed by atoms with Crippen molar-refractivity contribution in [3.05, 3.63) is 53.6 Å². The summed E-state index contributed by atoms with van der Waals surface area (Å²) >= 11 is 0. The number of pyridine rings is 2. The standard InChI is InChI=1S/C14H18N4/c1-2-10-8-17-5-3-12(10)14(16)7-11-9-18-6-4-13(11)15/h3-6,8-9,14H,2,7,16H2,1H3,(H2,15,18). The summed E-state index contributed by atoms with van der Waals surface area (Å²) in [7, 11) is 0. The highest BCUT2D eigenvalue weighted by Gasteiger charge is 2.12. The fourth-order valence-electron chi connectivity index (χ4n) is 2.05. The first-order chi connectivity index (χ1) is 8.72. The second-order valence-corrected chi connectivity index (χ2v) is 4.31. The van der Waals surface area contributed by atoms with Gasteiger partial charge in [0.2, 0.25) is 0 Å². The van der Waals surface area contributed by atoms with Gasteiger partial charge in [-0.15, -0.1) is 0 Å². The number of rotatable bonds is 4. The van der Waals surface area contributed by atoms with Gasteiger partial charge in [0.1, 0.15) is 0 Å². The predicted octanol–water partition coefficient (Wildman–Crippen LogP) is 1.86. The molecule has 2 aromatic heterocycles. The average molecular weight is 242 g/mol. The second kappa shape index (κ2) is 5.60. The molecule has 4 heteroatoms. The summed E-state index contributed by atoms with van der Waals surface area (Å²) in [4.78, 5) is 8.22. The molecule has 1 unspecified atom stereocenters. The molecule has 0 fully saturated rings. The Hall–Kier alpha value is -1.94. The fourth-order valence-corrected chi connectivity index (χ4v) is 2.05. The Morgan fingerprint density at radius 3 is 2.44 bits per heavy atom. The lowest BCUT2D eigenvalue weighted by molar-refractivity contribution is 0.709. The topological polar surface area (TPSA) is 77.8 Å². The number of hydrogen-bond donors (Lipinski definition) is 2. The van der Waals surface area contributed by atoms with Crippen molar-refractivity contribution in [3.8, 4) is 0 Å². The molecule has 2 rings (SSSR count). The SMILES string of the molecule is CCc1cnccc1C(N)Cc1cnccc1N. The zero-order valence-electron chi connectivity index (χ0n) is 10.5. The molecule has 1 atom stereocenters. The summed E-state index contributed by atoms with van der Waals surface area (Å²) in [5, 5.41) is 0. The molecule has 0 spiro atoms. The first-order valence-electron chi connectivity index (χ1n) is 6.09. The summed E-state index contributed by atoms with van der Waals surface area (Å²) in [5.41, 5.74) is 16.2. The Morgan fingerprint density at radius 2 is 1.78 bits per heavy atom. The zero-order chi connectivity index (χ0) is 13.0. The molecule has 2 heterocycles. The van der Waals surface area contributed by atoms with Crippen molar-refractivity contribution in [1.29, 1.82) is 0 Å². The van der Waals surface area contributed by atoms with Crippen molar-refractivity contribution >= 4 is 5.69 Å². The van der Waals surface area contributed by atoms with Crippen molar-refractivity contribution in [2.45, 2.75) is 25.8 Å². The minimum absolute atomic E-state index is 0.0746. The summed E-state index contributed by atoms with van der Waals surface area (Å²) in [6.07, 6.45) is 8.75. The number of aromatic nitrogens is 2. The Bertz CT molecular complexity index is 525. The molecule has 0 aliphatic rings. The monoisotopic (exact) mass is 242 g/mol. The van der Waals surface area contributed by atoms with Crippen LogP contribution in [0.4, 0.5) is 5.69 Å². The van der Waals surface area contributed by atoms with Gasteiger partial charge in [0, 0.05) is 36.5 Å². The van der Waals surface area contributed by atoms with Crippen LogP contribution < -0.4 is 11.5 Å². The maximum absolute atomic E-state index is 6.26. The van der Waals surface area contributed by atoms with E-state index in [0.29, 0.717) is 6.42 Å². The van der Waals surface area contributed by atoms with Gasteiger partial charge in [-0.25, -0.2) is 0 Å². The molecule has 0 saturated heterocycles. The fraction of sp³-hybridized carbons (Fsp3) is 0.286. The molecule has 18 heavy (non-hydrogen) atoms. The second-order valence-electron chi connectivity index (χ2n) is 4.31. The number of hydrogen-bond acceptors (Lipinski definition) is 4. The van der Waals surface area contributed by atoms with Gasteiger partial charge in [-0.2, -0.15) is 0 Å². The molecule has 94 valence electrons. The normalized spacial score (nSPS) is 12.3. The average Bonchev–Trinajstić information content (AvgIpc) is 2.41. The highest BCUT2D eigenvalue weighted by molar-refractivity contribution is 5.45. The van der Waals surface area contributed by atoms with Gasteiger partial charge in [-0.05, 0) is 41.7 Å². The summed E-state index contributed by atoms with van der Waals surface area (Å²) < 4.78 is 0. The number of nitrogen functional groups attached to an aromatic ring is 1. The first-order valence-corrected chi connectivity index (χ1v) is 6.09. The molecule has 0 aromatic carbocycles. The molecule has 0 radical (unpaired) electrons. The van der Waals surface area contributed by atoms with E-state index < -0.39 is 0 Å². The maximum Gasteiger partial charge on any atom is 0.0378 e. The minimum atomic E-state index is -0.0746. The Labute approximate surface area is 107 Å². The number of anilines is 1. The van der Waals surface area contributed by atoms with Gasteiger partial charge in [0.15, 0.2) is 0 Å². The summed E-state index contributed by atoms with van der Waals surface area (Å²) in [5.74, 6) is 0. The molecule has 0 aliphatic carbocycles. The van der Waals surface area contributed by atoms with E-state index >= 15 is 0 Å². The Balaban J connectivity index is 2.22. The van der Waals surface area contributed by atoms with E-state index in [4.69, 9.17) is 11.5 Å². The van der Waals surface area contributed by atoms with Crippen LogP contribution in [0.25, 0.3) is 0 Å². The van der Waals surface area contributed by atoms with Crippen LogP contribution in [0.5, 0.6) is 0 Å². The van der Waals surface area contributed by atoms with Gasteiger partial charge in [-0.3, -0.25) is 9.97 Å². The molecular weight excluding hydrogens is 224 g/mol. The number of nitrogens with two attached hydrogens (primary N) is 2. The predicted molar refractivity (Wildman–Crippen MR) is 72.9 cm³/mol. The van der Waals surface area contributed by atoms with E-state index in [0.717, 1.165) is 23.2 Å². The Morgan fingerprint density at radius 1 is 1.11 bits per heavy atom. The molecule has 0 bridgehead atoms. The minimum Gasteiger partial charge on any atom is -0.398 e. The lowest BCUT2D eigenvalue weighted by Gasteiger charge is -2.16. The van der Waals surface area contributed by atoms with Crippen LogP contribution in [0.2, 0.25) is 0 Å². The van der Waals surface area contributed by atoms with Crippen LogP contribution in [0.15, 0.2) is 36.9 Å². The van der Waals surface area contributed by atoms with Crippen LogP contribution >= 0.6 is 0 Å². The first kappa shape index (κ1) is 12.5. The lowest BCUT2D eigenvalue weighted by Crippen LogP contribution is -2.16. The van der Waals surface area contributed by atoms with Gasteiger partial charge >= 0.3 is 0 Å². The largest absolute Gasteiger partial charge is 0.398 e. The molecule has 2 aromatic rings. The molecule has 4 nitrogen and oxygen atoms in total. The van der Waals surface area contributed by atoms with Crippen LogP contribution in [0, 0.1) is 0 Å². The van der Waals surface area contributed by atoms with Crippen molar-refractivity contribution in [2.75, 3.05) is 5.73 Å². The van der Waals surface area contributed by atoms with E-state index in [-0.39, 0.29) is 6.04 Å².